The second kappa shape index (κ2) is 11.8. The van der Waals surface area contributed by atoms with E-state index in [9.17, 15) is 14.7 Å². The third-order valence-corrected chi connectivity index (χ3v) is 5.85. The number of aryl methyl sites for hydroxylation is 2. The van der Waals surface area contributed by atoms with Gasteiger partial charge in [0.2, 0.25) is 0 Å². The Bertz CT molecular complexity index is 1210. The molecule has 6 nitrogen and oxygen atoms in total. The van der Waals surface area contributed by atoms with Crippen LogP contribution in [0.25, 0.3) is 17.0 Å². The lowest BCUT2D eigenvalue weighted by Gasteiger charge is -2.17. The van der Waals surface area contributed by atoms with Crippen molar-refractivity contribution in [2.75, 3.05) is 6.61 Å². The van der Waals surface area contributed by atoms with Crippen LogP contribution in [0.2, 0.25) is 0 Å². The molecule has 3 aromatic rings. The number of ether oxygens (including phenoxy) is 1. The lowest BCUT2D eigenvalue weighted by atomic mass is 10.00. The van der Waals surface area contributed by atoms with Crippen LogP contribution in [0, 0.1) is 6.92 Å². The highest BCUT2D eigenvalue weighted by Gasteiger charge is 2.21. The Morgan fingerprint density at radius 2 is 1.77 bits per heavy atom. The first-order valence-electron chi connectivity index (χ1n) is 11.9. The molecule has 0 unspecified atom stereocenters. The number of carbonyl (C=O) groups excluding carboxylic acids is 1. The van der Waals surface area contributed by atoms with Crippen molar-refractivity contribution in [3.05, 3.63) is 77.0 Å². The third-order valence-electron chi connectivity index (χ3n) is 5.85. The van der Waals surface area contributed by atoms with Gasteiger partial charge in [-0.25, -0.2) is 4.98 Å². The van der Waals surface area contributed by atoms with E-state index in [-0.39, 0.29) is 6.42 Å². The summed E-state index contributed by atoms with van der Waals surface area (Å²) in [6.07, 6.45) is 5.84. The van der Waals surface area contributed by atoms with Gasteiger partial charge in [-0.15, -0.1) is 0 Å². The Balaban J connectivity index is 1.93. The Morgan fingerprint density at radius 1 is 1.03 bits per heavy atom. The number of hydrogen-bond acceptors (Lipinski definition) is 5. The predicted molar refractivity (Wildman–Crippen MR) is 138 cm³/mol. The van der Waals surface area contributed by atoms with Crippen LogP contribution in [-0.4, -0.2) is 39.2 Å². The summed E-state index contributed by atoms with van der Waals surface area (Å²) >= 11 is 0. The summed E-state index contributed by atoms with van der Waals surface area (Å²) in [6, 6.07) is 16.1. The van der Waals surface area contributed by atoms with E-state index >= 15 is 0 Å². The molecule has 0 spiro atoms. The van der Waals surface area contributed by atoms with Crippen LogP contribution >= 0.6 is 0 Å². The summed E-state index contributed by atoms with van der Waals surface area (Å²) in [5.41, 5.74) is 2.83. The van der Waals surface area contributed by atoms with Crippen LogP contribution in [0.15, 0.2) is 54.6 Å². The second-order valence-corrected chi connectivity index (χ2v) is 9.21. The van der Waals surface area contributed by atoms with Crippen molar-refractivity contribution in [2.45, 2.75) is 58.5 Å². The van der Waals surface area contributed by atoms with Crippen molar-refractivity contribution in [3.63, 3.8) is 0 Å². The zero-order valence-corrected chi connectivity index (χ0v) is 20.6. The topological polar surface area (TPSA) is 96.7 Å². The molecule has 0 aliphatic carbocycles. The molecule has 3 rings (SSSR count). The number of pyridine rings is 1. The molecular weight excluding hydrogens is 442 g/mol. The second-order valence-electron chi connectivity index (χ2n) is 9.21. The van der Waals surface area contributed by atoms with Crippen molar-refractivity contribution < 1.29 is 24.5 Å². The number of fused-ring (bicyclic) bond motifs is 1. The van der Waals surface area contributed by atoms with E-state index in [0.29, 0.717) is 30.9 Å². The number of aromatic nitrogens is 1. The average Bonchev–Trinajstić information content (AvgIpc) is 2.81. The van der Waals surface area contributed by atoms with E-state index < -0.39 is 17.4 Å². The van der Waals surface area contributed by atoms with Crippen molar-refractivity contribution >= 4 is 28.7 Å². The summed E-state index contributed by atoms with van der Waals surface area (Å²) in [7, 11) is 0. The summed E-state index contributed by atoms with van der Waals surface area (Å²) in [6.45, 7) is 5.32. The lowest BCUT2D eigenvalue weighted by Crippen LogP contribution is -2.29. The lowest BCUT2D eigenvalue weighted by molar-refractivity contribution is -0.137. The molecule has 184 valence electrons. The minimum absolute atomic E-state index is 0.0813. The normalized spacial score (nSPS) is 11.8. The molecule has 1 aromatic heterocycles. The number of para-hydroxylation sites is 1. The maximum absolute atomic E-state index is 12.3. The van der Waals surface area contributed by atoms with Crippen molar-refractivity contribution in [1.29, 1.82) is 0 Å². The van der Waals surface area contributed by atoms with Crippen LogP contribution in [-0.2, 0) is 22.4 Å². The number of carbonyl (C=O) groups is 2. The zero-order chi connectivity index (χ0) is 25.4. The molecule has 2 aromatic carbocycles. The molecular formula is C29H33NO5. The van der Waals surface area contributed by atoms with E-state index in [2.05, 4.69) is 12.1 Å². The number of nitrogens with zero attached hydrogens (tertiary/aromatic N) is 1. The van der Waals surface area contributed by atoms with Gasteiger partial charge in [-0.3, -0.25) is 9.59 Å². The molecule has 0 saturated heterocycles. The minimum Gasteiger partial charge on any atom is -0.493 e. The Labute approximate surface area is 206 Å². The third kappa shape index (κ3) is 7.23. The predicted octanol–water partition coefficient (Wildman–Crippen LogP) is 5.32. The molecule has 0 atom stereocenters. The van der Waals surface area contributed by atoms with Gasteiger partial charge in [0.15, 0.2) is 5.78 Å². The molecule has 2 N–H and O–H groups in total. The van der Waals surface area contributed by atoms with Crippen LogP contribution < -0.4 is 4.74 Å². The first-order chi connectivity index (χ1) is 16.7. The fraction of sp³-hybridized carbons (Fsp3) is 0.345. The highest BCUT2D eigenvalue weighted by atomic mass is 16.5. The standard InChI is InChI=1S/C29H33NO5/c1-20-24(17-18-25(31)29(2,3)34)30-27-22(14-8-16-26(32)33)13-7-15-23(27)28(20)35-19-9-12-21-10-5-4-6-11-21/h4-7,10-11,13,15,17-18,34H,8-9,12,14,16,19H2,1-3H3,(H,32,33). The van der Waals surface area contributed by atoms with Crippen LogP contribution in [0.3, 0.4) is 0 Å². The molecule has 0 aliphatic heterocycles. The van der Waals surface area contributed by atoms with Crippen molar-refractivity contribution in [1.82, 2.24) is 4.98 Å². The highest BCUT2D eigenvalue weighted by molar-refractivity contribution is 5.99. The van der Waals surface area contributed by atoms with E-state index in [4.69, 9.17) is 14.8 Å². The molecule has 0 fully saturated rings. The Morgan fingerprint density at radius 3 is 2.46 bits per heavy atom. The van der Waals surface area contributed by atoms with Gasteiger partial charge >= 0.3 is 5.97 Å². The molecule has 6 heteroatoms. The molecule has 0 bridgehead atoms. The number of hydrogen-bond donors (Lipinski definition) is 2. The van der Waals surface area contributed by atoms with Gasteiger partial charge in [-0.1, -0.05) is 42.5 Å². The van der Waals surface area contributed by atoms with Gasteiger partial charge < -0.3 is 14.9 Å². The molecule has 0 saturated carbocycles. The molecule has 0 radical (unpaired) electrons. The number of carboxylic acid groups (broad SMARTS) is 1. The first-order valence-corrected chi connectivity index (χ1v) is 11.9. The van der Waals surface area contributed by atoms with Crippen molar-refractivity contribution in [3.8, 4) is 5.75 Å². The van der Waals surface area contributed by atoms with E-state index in [0.717, 1.165) is 34.9 Å². The SMILES string of the molecule is Cc1c(C=CC(=O)C(C)(C)O)nc2c(CCCC(=O)O)cccc2c1OCCCc1ccccc1. The summed E-state index contributed by atoms with van der Waals surface area (Å²) in [5.74, 6) is -0.539. The molecule has 0 aliphatic rings. The number of benzene rings is 2. The minimum atomic E-state index is -1.47. The number of ketones is 1. The fourth-order valence-corrected chi connectivity index (χ4v) is 3.86. The average molecular weight is 476 g/mol. The van der Waals surface area contributed by atoms with Crippen LogP contribution in [0.1, 0.15) is 55.5 Å². The molecule has 35 heavy (non-hydrogen) atoms. The Kier molecular flexibility index (Phi) is 8.77. The number of rotatable bonds is 12. The monoisotopic (exact) mass is 475 g/mol. The number of aliphatic carboxylic acids is 1. The van der Waals surface area contributed by atoms with Gasteiger partial charge in [-0.2, -0.15) is 0 Å². The Hall–Kier alpha value is -3.51. The largest absolute Gasteiger partial charge is 0.493 e. The zero-order valence-electron chi connectivity index (χ0n) is 20.6. The maximum Gasteiger partial charge on any atom is 0.303 e. The van der Waals surface area contributed by atoms with Crippen molar-refractivity contribution in [2.24, 2.45) is 0 Å². The van der Waals surface area contributed by atoms with Gasteiger partial charge in [0.1, 0.15) is 11.4 Å². The smallest absolute Gasteiger partial charge is 0.303 e. The van der Waals surface area contributed by atoms with Gasteiger partial charge in [0.05, 0.1) is 17.8 Å². The number of carboxylic acids is 1. The van der Waals surface area contributed by atoms with Gasteiger partial charge in [-0.05, 0) is 75.8 Å². The summed E-state index contributed by atoms with van der Waals surface area (Å²) < 4.78 is 6.28. The molecule has 0 amide bonds. The van der Waals surface area contributed by atoms with Gasteiger partial charge in [0.25, 0.3) is 0 Å². The fourth-order valence-electron chi connectivity index (χ4n) is 3.86. The van der Waals surface area contributed by atoms with Gasteiger partial charge in [0, 0.05) is 17.4 Å². The van der Waals surface area contributed by atoms with E-state index in [1.165, 1.54) is 25.5 Å². The first kappa shape index (κ1) is 26.1. The van der Waals surface area contributed by atoms with Crippen LogP contribution in [0.5, 0.6) is 5.75 Å². The summed E-state index contributed by atoms with van der Waals surface area (Å²) in [4.78, 5) is 28.1. The van der Waals surface area contributed by atoms with Crippen LogP contribution in [0.4, 0.5) is 0 Å². The highest BCUT2D eigenvalue weighted by Crippen LogP contribution is 2.33. The molecule has 1 heterocycles. The van der Waals surface area contributed by atoms with E-state index in [1.807, 2.05) is 43.3 Å². The summed E-state index contributed by atoms with van der Waals surface area (Å²) in [5, 5.41) is 19.9. The quantitative estimate of drug-likeness (QED) is 0.272. The number of aliphatic hydroxyl groups is 1. The maximum atomic E-state index is 12.3. The van der Waals surface area contributed by atoms with E-state index in [1.54, 1.807) is 6.08 Å².